The maximum absolute atomic E-state index is 12.9. The van der Waals surface area contributed by atoms with Crippen LogP contribution in [0.1, 0.15) is 47.7 Å². The summed E-state index contributed by atoms with van der Waals surface area (Å²) in [7, 11) is 2.11. The molecule has 1 N–H and O–H groups in total. The van der Waals surface area contributed by atoms with Crippen LogP contribution in [0.3, 0.4) is 0 Å². The fourth-order valence-electron chi connectivity index (χ4n) is 4.09. The first kappa shape index (κ1) is 14.0. The lowest BCUT2D eigenvalue weighted by molar-refractivity contribution is 0.0570. The van der Waals surface area contributed by atoms with Crippen molar-refractivity contribution < 1.29 is 4.79 Å². The fraction of sp³-hybridized carbons (Fsp3) is 0.647. The monoisotopic (exact) mass is 301 g/mol. The molecule has 1 aromatic rings. The lowest BCUT2D eigenvalue weighted by Gasteiger charge is -2.37. The molecule has 1 aliphatic carbocycles. The van der Waals surface area contributed by atoms with Gasteiger partial charge in [0.25, 0.3) is 11.5 Å². The summed E-state index contributed by atoms with van der Waals surface area (Å²) in [5, 5.41) is 0. The number of nitrogens with zero attached hydrogens (tertiary/aromatic N) is 2. The molecule has 2 atom stereocenters. The lowest BCUT2D eigenvalue weighted by atomic mass is 9.91. The van der Waals surface area contributed by atoms with E-state index >= 15 is 0 Å². The van der Waals surface area contributed by atoms with Gasteiger partial charge in [0.1, 0.15) is 5.56 Å². The van der Waals surface area contributed by atoms with E-state index in [4.69, 9.17) is 0 Å². The number of amides is 1. The SMILES string of the molecule is CN1C[C@@H]2CCCN(C(=O)c3ccc(C4CC4)[nH]c3=O)[C@@H]2C1. The molecule has 5 nitrogen and oxygen atoms in total. The first-order valence-corrected chi connectivity index (χ1v) is 8.36. The molecule has 22 heavy (non-hydrogen) atoms. The fourth-order valence-corrected chi connectivity index (χ4v) is 4.09. The molecule has 3 heterocycles. The molecule has 2 aliphatic heterocycles. The van der Waals surface area contributed by atoms with Crippen LogP contribution in [0, 0.1) is 5.92 Å². The maximum atomic E-state index is 12.9. The highest BCUT2D eigenvalue weighted by Gasteiger charge is 2.40. The third-order valence-corrected chi connectivity index (χ3v) is 5.40. The minimum atomic E-state index is -0.220. The van der Waals surface area contributed by atoms with Crippen LogP contribution in [0.15, 0.2) is 16.9 Å². The third-order valence-electron chi connectivity index (χ3n) is 5.40. The van der Waals surface area contributed by atoms with Crippen LogP contribution in [-0.2, 0) is 0 Å². The van der Waals surface area contributed by atoms with Gasteiger partial charge in [-0.1, -0.05) is 0 Å². The number of aromatic nitrogens is 1. The number of hydrogen-bond acceptors (Lipinski definition) is 3. The Morgan fingerprint density at radius 1 is 1.23 bits per heavy atom. The molecule has 3 fully saturated rings. The number of H-pyrrole nitrogens is 1. The van der Waals surface area contributed by atoms with Crippen molar-refractivity contribution in [3.63, 3.8) is 0 Å². The molecule has 0 spiro atoms. The van der Waals surface area contributed by atoms with E-state index in [1.54, 1.807) is 6.07 Å². The second kappa shape index (κ2) is 5.23. The van der Waals surface area contributed by atoms with E-state index in [0.29, 0.717) is 17.4 Å². The quantitative estimate of drug-likeness (QED) is 0.899. The smallest absolute Gasteiger partial charge is 0.261 e. The van der Waals surface area contributed by atoms with Crippen molar-refractivity contribution in [2.75, 3.05) is 26.7 Å². The van der Waals surface area contributed by atoms with E-state index in [0.717, 1.165) is 44.6 Å². The first-order valence-electron chi connectivity index (χ1n) is 8.36. The second-order valence-electron chi connectivity index (χ2n) is 7.12. The van der Waals surface area contributed by atoms with Crippen LogP contribution in [0.5, 0.6) is 0 Å². The Labute approximate surface area is 130 Å². The number of hydrogen-bond donors (Lipinski definition) is 1. The summed E-state index contributed by atoms with van der Waals surface area (Å²) in [6, 6.07) is 3.93. The molecule has 3 aliphatic rings. The molecule has 1 amide bonds. The molecule has 1 saturated carbocycles. The minimum absolute atomic E-state index is 0.0893. The largest absolute Gasteiger partial charge is 0.334 e. The zero-order valence-electron chi connectivity index (χ0n) is 13.0. The van der Waals surface area contributed by atoms with Crippen LogP contribution in [0.2, 0.25) is 0 Å². The highest BCUT2D eigenvalue weighted by Crippen LogP contribution is 2.38. The van der Waals surface area contributed by atoms with Gasteiger partial charge in [-0.2, -0.15) is 0 Å². The Hall–Kier alpha value is -1.62. The van der Waals surface area contributed by atoms with Crippen LogP contribution in [0.25, 0.3) is 0 Å². The molecular formula is C17H23N3O2. The summed E-state index contributed by atoms with van der Waals surface area (Å²) in [4.78, 5) is 32.3. The van der Waals surface area contributed by atoms with E-state index in [9.17, 15) is 9.59 Å². The average molecular weight is 301 g/mol. The van der Waals surface area contributed by atoms with E-state index in [2.05, 4.69) is 16.9 Å². The zero-order chi connectivity index (χ0) is 15.3. The predicted molar refractivity (Wildman–Crippen MR) is 84.1 cm³/mol. The van der Waals surface area contributed by atoms with Gasteiger partial charge < -0.3 is 14.8 Å². The van der Waals surface area contributed by atoms with Gasteiger partial charge in [-0.3, -0.25) is 9.59 Å². The van der Waals surface area contributed by atoms with Gasteiger partial charge in [-0.15, -0.1) is 0 Å². The average Bonchev–Trinajstić information content (AvgIpc) is 3.27. The number of fused-ring (bicyclic) bond motifs is 1. The Kier molecular flexibility index (Phi) is 3.33. The summed E-state index contributed by atoms with van der Waals surface area (Å²) in [6.07, 6.45) is 4.52. The Bertz CT molecular complexity index is 650. The number of nitrogens with one attached hydrogen (secondary N) is 1. The molecule has 0 aromatic carbocycles. The molecular weight excluding hydrogens is 278 g/mol. The van der Waals surface area contributed by atoms with Gasteiger partial charge in [0.05, 0.1) is 0 Å². The second-order valence-corrected chi connectivity index (χ2v) is 7.12. The molecule has 4 rings (SSSR count). The van der Waals surface area contributed by atoms with Gasteiger partial charge in [0.15, 0.2) is 0 Å². The van der Waals surface area contributed by atoms with Crippen molar-refractivity contribution >= 4 is 5.91 Å². The van der Waals surface area contributed by atoms with Crippen molar-refractivity contribution in [3.05, 3.63) is 33.7 Å². The standard InChI is InChI=1S/C17H23N3O2/c1-19-9-12-3-2-8-20(15(12)10-19)17(22)13-6-7-14(11-4-5-11)18-16(13)21/h6-7,11-12,15H,2-5,8-10H2,1H3,(H,18,21)/t12-,15+/m0/s1. The number of pyridine rings is 1. The number of rotatable bonds is 2. The summed E-state index contributed by atoms with van der Waals surface area (Å²) in [6.45, 7) is 2.76. The molecule has 2 saturated heterocycles. The van der Waals surface area contributed by atoms with Crippen LogP contribution < -0.4 is 5.56 Å². The number of aromatic amines is 1. The summed E-state index contributed by atoms with van der Waals surface area (Å²) >= 11 is 0. The normalized spacial score (nSPS) is 28.7. The number of likely N-dealkylation sites (N-methyl/N-ethyl adjacent to an activating group) is 1. The summed E-state index contributed by atoms with van der Waals surface area (Å²) < 4.78 is 0. The van der Waals surface area contributed by atoms with Crippen molar-refractivity contribution in [2.24, 2.45) is 5.92 Å². The Morgan fingerprint density at radius 3 is 2.77 bits per heavy atom. The van der Waals surface area contributed by atoms with Gasteiger partial charge in [-0.05, 0) is 56.7 Å². The third kappa shape index (κ3) is 2.37. The topological polar surface area (TPSA) is 56.4 Å². The van der Waals surface area contributed by atoms with Gasteiger partial charge in [-0.25, -0.2) is 0 Å². The van der Waals surface area contributed by atoms with Gasteiger partial charge in [0, 0.05) is 31.4 Å². The number of carbonyl (C=O) groups excluding carboxylic acids is 1. The van der Waals surface area contributed by atoms with Crippen molar-refractivity contribution in [3.8, 4) is 0 Å². The number of piperidine rings is 1. The van der Waals surface area contributed by atoms with E-state index in [1.807, 2.05) is 11.0 Å². The number of likely N-dealkylation sites (tertiary alicyclic amines) is 2. The van der Waals surface area contributed by atoms with Crippen molar-refractivity contribution in [1.29, 1.82) is 0 Å². The Balaban J connectivity index is 1.59. The van der Waals surface area contributed by atoms with E-state index in [-0.39, 0.29) is 17.5 Å². The highest BCUT2D eigenvalue weighted by molar-refractivity contribution is 5.94. The molecule has 0 radical (unpaired) electrons. The minimum Gasteiger partial charge on any atom is -0.334 e. The van der Waals surface area contributed by atoms with Crippen LogP contribution >= 0.6 is 0 Å². The zero-order valence-corrected chi connectivity index (χ0v) is 13.0. The van der Waals surface area contributed by atoms with Crippen molar-refractivity contribution in [1.82, 2.24) is 14.8 Å². The Morgan fingerprint density at radius 2 is 2.05 bits per heavy atom. The van der Waals surface area contributed by atoms with Crippen LogP contribution in [0.4, 0.5) is 0 Å². The predicted octanol–water partition coefficient (Wildman–Crippen LogP) is 1.42. The lowest BCUT2D eigenvalue weighted by Crippen LogP contribution is -2.49. The molecule has 0 unspecified atom stereocenters. The van der Waals surface area contributed by atoms with Gasteiger partial charge >= 0.3 is 0 Å². The van der Waals surface area contributed by atoms with E-state index in [1.165, 1.54) is 6.42 Å². The highest BCUT2D eigenvalue weighted by atomic mass is 16.2. The van der Waals surface area contributed by atoms with Crippen LogP contribution in [-0.4, -0.2) is 53.4 Å². The van der Waals surface area contributed by atoms with Crippen molar-refractivity contribution in [2.45, 2.75) is 37.6 Å². The summed E-state index contributed by atoms with van der Waals surface area (Å²) in [5.74, 6) is 0.973. The first-order chi connectivity index (χ1) is 10.6. The van der Waals surface area contributed by atoms with E-state index < -0.39 is 0 Å². The molecule has 118 valence electrons. The molecule has 5 heteroatoms. The van der Waals surface area contributed by atoms with Gasteiger partial charge in [0.2, 0.25) is 0 Å². The number of carbonyl (C=O) groups is 1. The molecule has 0 bridgehead atoms. The summed E-state index contributed by atoms with van der Waals surface area (Å²) in [5.41, 5.74) is 1.07. The maximum Gasteiger partial charge on any atom is 0.261 e. The molecule has 1 aromatic heterocycles.